The Labute approximate surface area is 173 Å². The van der Waals surface area contributed by atoms with Crippen molar-refractivity contribution in [1.29, 1.82) is 0 Å². The predicted octanol–water partition coefficient (Wildman–Crippen LogP) is 3.80. The zero-order valence-corrected chi connectivity index (χ0v) is 15.9. The number of carbonyl (C=O) groups is 2. The van der Waals surface area contributed by atoms with Gasteiger partial charge in [0.2, 0.25) is 5.91 Å². The Balaban J connectivity index is 1.57. The van der Waals surface area contributed by atoms with Crippen LogP contribution >= 0.6 is 0 Å². The first-order valence-electron chi connectivity index (χ1n) is 9.24. The Morgan fingerprint density at radius 3 is 2.58 bits per heavy atom. The van der Waals surface area contributed by atoms with Gasteiger partial charge in [-0.15, -0.1) is 5.10 Å². The van der Waals surface area contributed by atoms with Crippen molar-refractivity contribution in [2.24, 2.45) is 0 Å². The van der Waals surface area contributed by atoms with Crippen LogP contribution in [-0.2, 0) is 11.0 Å². The molecular formula is C20H15F4N5O2. The number of para-hydroxylation sites is 1. The highest BCUT2D eigenvalue weighted by Crippen LogP contribution is 2.33. The second-order valence-corrected chi connectivity index (χ2v) is 6.83. The van der Waals surface area contributed by atoms with E-state index in [2.05, 4.69) is 15.6 Å². The molecule has 0 atom stereocenters. The fraction of sp³-hybridized carbons (Fsp3) is 0.200. The number of halogens is 4. The molecule has 1 aliphatic rings. The zero-order chi connectivity index (χ0) is 22.2. The summed E-state index contributed by atoms with van der Waals surface area (Å²) in [4.78, 5) is 25.7. The Kier molecular flexibility index (Phi) is 5.17. The molecule has 11 heteroatoms. The lowest BCUT2D eigenvalue weighted by atomic mass is 10.1. The number of anilines is 2. The van der Waals surface area contributed by atoms with Crippen LogP contribution in [0.15, 0.2) is 48.7 Å². The molecule has 0 bridgehead atoms. The molecule has 2 heterocycles. The Hall–Kier alpha value is -3.76. The number of rotatable bonds is 4. The van der Waals surface area contributed by atoms with Crippen molar-refractivity contribution >= 4 is 23.2 Å². The standard InChI is InChI=1S/C20H15F4N5O2/c21-14-8-7-12(10-17(14)28-9-3-6-18(28)30)25-19(31)15-11-29(27-26-15)16-5-2-1-4-13(16)20(22,23)24/h1-2,4-5,7-8,10-11H,3,6,9H2,(H,25,31). The Bertz CT molecular complexity index is 1160. The summed E-state index contributed by atoms with van der Waals surface area (Å²) in [5, 5.41) is 9.75. The summed E-state index contributed by atoms with van der Waals surface area (Å²) in [7, 11) is 0. The highest BCUT2D eigenvalue weighted by molar-refractivity contribution is 6.03. The lowest BCUT2D eigenvalue weighted by Crippen LogP contribution is -2.25. The fourth-order valence-corrected chi connectivity index (χ4v) is 3.29. The van der Waals surface area contributed by atoms with Crippen LogP contribution in [-0.4, -0.2) is 33.4 Å². The molecular weight excluding hydrogens is 418 g/mol. The number of hydrogen-bond acceptors (Lipinski definition) is 4. The van der Waals surface area contributed by atoms with Crippen LogP contribution in [0.3, 0.4) is 0 Å². The summed E-state index contributed by atoms with van der Waals surface area (Å²) in [5.74, 6) is -1.57. The Morgan fingerprint density at radius 1 is 1.10 bits per heavy atom. The van der Waals surface area contributed by atoms with Crippen molar-refractivity contribution < 1.29 is 27.2 Å². The van der Waals surface area contributed by atoms with Crippen molar-refractivity contribution in [2.75, 3.05) is 16.8 Å². The van der Waals surface area contributed by atoms with Gasteiger partial charge in [-0.1, -0.05) is 17.3 Å². The number of hydrogen-bond donors (Lipinski definition) is 1. The predicted molar refractivity (Wildman–Crippen MR) is 102 cm³/mol. The van der Waals surface area contributed by atoms with Crippen LogP contribution in [0.1, 0.15) is 28.9 Å². The third-order valence-electron chi connectivity index (χ3n) is 4.75. The molecule has 3 aromatic rings. The van der Waals surface area contributed by atoms with Crippen molar-refractivity contribution in [3.63, 3.8) is 0 Å². The first kappa shape index (κ1) is 20.5. The number of amides is 2. The zero-order valence-electron chi connectivity index (χ0n) is 15.9. The molecule has 0 spiro atoms. The number of benzene rings is 2. The molecule has 0 unspecified atom stereocenters. The molecule has 31 heavy (non-hydrogen) atoms. The normalized spacial score (nSPS) is 14.2. The van der Waals surface area contributed by atoms with E-state index in [1.165, 1.54) is 35.2 Å². The summed E-state index contributed by atoms with van der Waals surface area (Å²) in [6.45, 7) is 0.375. The maximum Gasteiger partial charge on any atom is 0.418 e. The van der Waals surface area contributed by atoms with E-state index in [1.54, 1.807) is 0 Å². The summed E-state index contributed by atoms with van der Waals surface area (Å²) >= 11 is 0. The van der Waals surface area contributed by atoms with E-state index in [0.717, 1.165) is 23.0 Å². The van der Waals surface area contributed by atoms with Crippen LogP contribution in [0.4, 0.5) is 28.9 Å². The number of nitrogens with zero attached hydrogens (tertiary/aromatic N) is 4. The van der Waals surface area contributed by atoms with Gasteiger partial charge in [0.15, 0.2) is 5.69 Å². The smallest absolute Gasteiger partial charge is 0.320 e. The summed E-state index contributed by atoms with van der Waals surface area (Å²) in [6, 6.07) is 8.50. The highest BCUT2D eigenvalue weighted by atomic mass is 19.4. The maximum absolute atomic E-state index is 14.2. The number of carbonyl (C=O) groups excluding carboxylic acids is 2. The minimum Gasteiger partial charge on any atom is -0.320 e. The maximum atomic E-state index is 14.2. The quantitative estimate of drug-likeness (QED) is 0.635. The van der Waals surface area contributed by atoms with E-state index in [-0.39, 0.29) is 28.7 Å². The van der Waals surface area contributed by atoms with Gasteiger partial charge in [-0.25, -0.2) is 9.07 Å². The topological polar surface area (TPSA) is 80.1 Å². The molecule has 0 aliphatic carbocycles. The highest BCUT2D eigenvalue weighted by Gasteiger charge is 2.34. The van der Waals surface area contributed by atoms with Gasteiger partial charge in [0.1, 0.15) is 5.82 Å². The summed E-state index contributed by atoms with van der Waals surface area (Å²) in [6.07, 6.45) is -2.62. The lowest BCUT2D eigenvalue weighted by molar-refractivity contribution is -0.137. The molecule has 1 aliphatic heterocycles. The molecule has 7 nitrogen and oxygen atoms in total. The van der Waals surface area contributed by atoms with Gasteiger partial charge in [0.05, 0.1) is 23.1 Å². The van der Waals surface area contributed by atoms with E-state index >= 15 is 0 Å². The van der Waals surface area contributed by atoms with Crippen molar-refractivity contribution in [1.82, 2.24) is 15.0 Å². The molecule has 1 saturated heterocycles. The van der Waals surface area contributed by atoms with E-state index in [1.807, 2.05) is 0 Å². The van der Waals surface area contributed by atoms with E-state index in [4.69, 9.17) is 0 Å². The van der Waals surface area contributed by atoms with Crippen LogP contribution in [0.2, 0.25) is 0 Å². The van der Waals surface area contributed by atoms with Crippen LogP contribution in [0, 0.1) is 5.82 Å². The van der Waals surface area contributed by atoms with Gasteiger partial charge in [0.25, 0.3) is 5.91 Å². The van der Waals surface area contributed by atoms with Crippen LogP contribution < -0.4 is 10.2 Å². The molecule has 0 radical (unpaired) electrons. The third kappa shape index (κ3) is 4.11. The molecule has 4 rings (SSSR count). The molecule has 2 aromatic carbocycles. The molecule has 1 N–H and O–H groups in total. The molecule has 2 amide bonds. The van der Waals surface area contributed by atoms with Crippen molar-refractivity contribution in [3.05, 3.63) is 65.7 Å². The van der Waals surface area contributed by atoms with E-state index in [9.17, 15) is 27.2 Å². The van der Waals surface area contributed by atoms with Crippen molar-refractivity contribution in [2.45, 2.75) is 19.0 Å². The third-order valence-corrected chi connectivity index (χ3v) is 4.75. The second kappa shape index (κ2) is 7.82. The summed E-state index contributed by atoms with van der Waals surface area (Å²) < 4.78 is 54.7. The first-order valence-corrected chi connectivity index (χ1v) is 9.24. The van der Waals surface area contributed by atoms with E-state index in [0.29, 0.717) is 19.4 Å². The fourth-order valence-electron chi connectivity index (χ4n) is 3.29. The number of alkyl halides is 3. The van der Waals surface area contributed by atoms with Gasteiger partial charge in [-0.2, -0.15) is 13.2 Å². The average Bonchev–Trinajstić information content (AvgIpc) is 3.38. The first-order chi connectivity index (χ1) is 14.7. The van der Waals surface area contributed by atoms with Gasteiger partial charge < -0.3 is 10.2 Å². The van der Waals surface area contributed by atoms with Crippen LogP contribution in [0.5, 0.6) is 0 Å². The van der Waals surface area contributed by atoms with E-state index < -0.39 is 23.5 Å². The molecule has 1 aromatic heterocycles. The van der Waals surface area contributed by atoms with Crippen LogP contribution in [0.25, 0.3) is 5.69 Å². The average molecular weight is 433 g/mol. The summed E-state index contributed by atoms with van der Waals surface area (Å²) in [5.41, 5.74) is -1.20. The Morgan fingerprint density at radius 2 is 1.87 bits per heavy atom. The van der Waals surface area contributed by atoms with Crippen molar-refractivity contribution in [3.8, 4) is 5.69 Å². The van der Waals surface area contributed by atoms with Gasteiger partial charge in [0, 0.05) is 18.7 Å². The number of aromatic nitrogens is 3. The minimum absolute atomic E-state index is 0.0445. The molecule has 1 fully saturated rings. The minimum atomic E-state index is -4.61. The SMILES string of the molecule is O=C(Nc1ccc(F)c(N2CCCC2=O)c1)c1cn(-c2ccccc2C(F)(F)F)nn1. The number of nitrogens with one attached hydrogen (secondary N) is 1. The lowest BCUT2D eigenvalue weighted by Gasteiger charge is -2.17. The van der Waals surface area contributed by atoms with Gasteiger partial charge in [-0.05, 0) is 36.8 Å². The van der Waals surface area contributed by atoms with Gasteiger partial charge in [-0.3, -0.25) is 9.59 Å². The molecule has 160 valence electrons. The van der Waals surface area contributed by atoms with Gasteiger partial charge >= 0.3 is 6.18 Å². The second-order valence-electron chi connectivity index (χ2n) is 6.83. The molecule has 0 saturated carbocycles. The monoisotopic (exact) mass is 433 g/mol. The largest absolute Gasteiger partial charge is 0.418 e.